The molecular formula is C16H18N4O5S2. The molecule has 9 nitrogen and oxygen atoms in total. The Balaban J connectivity index is 1.91. The lowest BCUT2D eigenvalue weighted by Crippen LogP contribution is -2.50. The van der Waals surface area contributed by atoms with Crippen molar-refractivity contribution in [3.63, 3.8) is 0 Å². The predicted molar refractivity (Wildman–Crippen MR) is 96.6 cm³/mol. The molecule has 0 amide bonds. The maximum atomic E-state index is 12.9. The van der Waals surface area contributed by atoms with Crippen LogP contribution in [0, 0.1) is 18.3 Å². The van der Waals surface area contributed by atoms with Crippen molar-refractivity contribution in [1.29, 1.82) is 5.26 Å². The number of aromatic nitrogens is 1. The number of nitrogens with zero attached hydrogens (tertiary/aromatic N) is 4. The van der Waals surface area contributed by atoms with E-state index < -0.39 is 25.1 Å². The summed E-state index contributed by atoms with van der Waals surface area (Å²) >= 11 is 0. The Kier molecular flexibility index (Phi) is 5.09. The number of sulfonamides is 2. The van der Waals surface area contributed by atoms with Gasteiger partial charge in [-0.1, -0.05) is 17.7 Å². The van der Waals surface area contributed by atoms with E-state index in [1.807, 2.05) is 19.1 Å². The van der Waals surface area contributed by atoms with Gasteiger partial charge in [-0.3, -0.25) is 0 Å². The van der Waals surface area contributed by atoms with E-state index in [1.165, 1.54) is 4.31 Å². The summed E-state index contributed by atoms with van der Waals surface area (Å²) in [7, 11) is -7.49. The Labute approximate surface area is 157 Å². The predicted octanol–water partition coefficient (Wildman–Crippen LogP) is 0.788. The molecule has 1 fully saturated rings. The van der Waals surface area contributed by atoms with E-state index in [-0.39, 0.29) is 37.8 Å². The Morgan fingerprint density at radius 2 is 1.59 bits per heavy atom. The number of benzene rings is 1. The van der Waals surface area contributed by atoms with Gasteiger partial charge in [0.1, 0.15) is 6.07 Å². The van der Waals surface area contributed by atoms with Gasteiger partial charge < -0.3 is 4.42 Å². The third kappa shape index (κ3) is 3.89. The number of piperazine rings is 1. The minimum absolute atomic E-state index is 0.0269. The molecule has 2 aromatic rings. The summed E-state index contributed by atoms with van der Waals surface area (Å²) in [6, 6.07) is 8.86. The van der Waals surface area contributed by atoms with Gasteiger partial charge in [0, 0.05) is 31.7 Å². The highest BCUT2D eigenvalue weighted by molar-refractivity contribution is 7.89. The molecule has 0 atom stereocenters. The fraction of sp³-hybridized carbons (Fsp3) is 0.375. The number of hydrogen-bond acceptors (Lipinski definition) is 7. The quantitative estimate of drug-likeness (QED) is 0.729. The van der Waals surface area contributed by atoms with Gasteiger partial charge in [0.05, 0.1) is 6.26 Å². The smallest absolute Gasteiger partial charge is 0.279 e. The van der Waals surface area contributed by atoms with E-state index in [0.29, 0.717) is 5.56 Å². The molecule has 1 aliphatic rings. The molecule has 1 saturated heterocycles. The van der Waals surface area contributed by atoms with Gasteiger partial charge in [0.25, 0.3) is 15.1 Å². The van der Waals surface area contributed by atoms with Crippen molar-refractivity contribution in [3.8, 4) is 17.5 Å². The minimum atomic E-state index is -4.11. The number of oxazole rings is 1. The molecule has 11 heteroatoms. The van der Waals surface area contributed by atoms with Crippen molar-refractivity contribution in [1.82, 2.24) is 13.6 Å². The van der Waals surface area contributed by atoms with Gasteiger partial charge in [-0.2, -0.15) is 18.9 Å². The Morgan fingerprint density at radius 1 is 1.04 bits per heavy atom. The molecule has 0 bridgehead atoms. The first-order valence-corrected chi connectivity index (χ1v) is 11.3. The number of hydrogen-bond donors (Lipinski definition) is 0. The van der Waals surface area contributed by atoms with Crippen LogP contribution in [-0.4, -0.2) is 62.9 Å². The third-order valence-corrected chi connectivity index (χ3v) is 7.33. The van der Waals surface area contributed by atoms with Gasteiger partial charge in [0.15, 0.2) is 5.69 Å². The second-order valence-corrected chi connectivity index (χ2v) is 10.0. The lowest BCUT2D eigenvalue weighted by atomic mass is 10.1. The van der Waals surface area contributed by atoms with E-state index >= 15 is 0 Å². The minimum Gasteiger partial charge on any atom is -0.422 e. The van der Waals surface area contributed by atoms with E-state index in [4.69, 9.17) is 4.42 Å². The van der Waals surface area contributed by atoms with Crippen molar-refractivity contribution < 1.29 is 21.3 Å². The summed E-state index contributed by atoms with van der Waals surface area (Å²) in [5, 5.41) is 8.77. The first-order valence-electron chi connectivity index (χ1n) is 8.06. The van der Waals surface area contributed by atoms with Crippen LogP contribution in [0.1, 0.15) is 11.3 Å². The van der Waals surface area contributed by atoms with Gasteiger partial charge >= 0.3 is 0 Å². The molecule has 3 rings (SSSR count). The van der Waals surface area contributed by atoms with Gasteiger partial charge in [0.2, 0.25) is 15.9 Å². The van der Waals surface area contributed by atoms with Crippen molar-refractivity contribution >= 4 is 20.0 Å². The lowest BCUT2D eigenvalue weighted by molar-refractivity contribution is 0.269. The second-order valence-electron chi connectivity index (χ2n) is 6.20. The van der Waals surface area contributed by atoms with Crippen LogP contribution >= 0.6 is 0 Å². The van der Waals surface area contributed by atoms with Crippen molar-refractivity contribution in [2.75, 3.05) is 32.4 Å². The summed E-state index contributed by atoms with van der Waals surface area (Å²) in [4.78, 5) is 4.00. The van der Waals surface area contributed by atoms with Crippen LogP contribution in [0.15, 0.2) is 33.8 Å². The fourth-order valence-electron chi connectivity index (χ4n) is 2.73. The van der Waals surface area contributed by atoms with Crippen molar-refractivity contribution in [2.24, 2.45) is 0 Å². The molecule has 0 aliphatic carbocycles. The molecule has 0 radical (unpaired) electrons. The van der Waals surface area contributed by atoms with Crippen LogP contribution in [0.5, 0.6) is 0 Å². The maximum Gasteiger partial charge on any atom is 0.279 e. The molecule has 0 spiro atoms. The van der Waals surface area contributed by atoms with E-state index in [1.54, 1.807) is 18.2 Å². The highest BCUT2D eigenvalue weighted by Gasteiger charge is 2.36. The highest BCUT2D eigenvalue weighted by Crippen LogP contribution is 2.28. The largest absolute Gasteiger partial charge is 0.422 e. The molecule has 0 N–H and O–H groups in total. The van der Waals surface area contributed by atoms with Crippen LogP contribution in [0.25, 0.3) is 11.5 Å². The topological polar surface area (TPSA) is 125 Å². The summed E-state index contributed by atoms with van der Waals surface area (Å²) in [5.74, 6) is 0.0416. The number of nitriles is 1. The zero-order chi connectivity index (χ0) is 19.8. The third-order valence-electron chi connectivity index (χ3n) is 4.24. The zero-order valence-corrected chi connectivity index (χ0v) is 16.4. The van der Waals surface area contributed by atoms with Crippen molar-refractivity contribution in [2.45, 2.75) is 12.0 Å². The van der Waals surface area contributed by atoms with Crippen LogP contribution in [-0.2, 0) is 20.0 Å². The summed E-state index contributed by atoms with van der Waals surface area (Å²) in [5.41, 5.74) is 1.25. The molecule has 1 aromatic carbocycles. The lowest BCUT2D eigenvalue weighted by Gasteiger charge is -2.31. The second kappa shape index (κ2) is 7.05. The van der Waals surface area contributed by atoms with Crippen molar-refractivity contribution in [3.05, 3.63) is 35.5 Å². The SMILES string of the molecule is Cc1ccc(-c2nc(C#N)c(S(=O)(=O)N3CCN(S(C)(=O)=O)CC3)o2)cc1. The van der Waals surface area contributed by atoms with E-state index in [2.05, 4.69) is 4.98 Å². The number of rotatable bonds is 4. The molecule has 0 saturated carbocycles. The first-order chi connectivity index (χ1) is 12.6. The first kappa shape index (κ1) is 19.5. The Hall–Kier alpha value is -2.26. The molecule has 1 aromatic heterocycles. The zero-order valence-electron chi connectivity index (χ0n) is 14.8. The number of aryl methyl sites for hydroxylation is 1. The summed E-state index contributed by atoms with van der Waals surface area (Å²) < 4.78 is 56.7. The van der Waals surface area contributed by atoms with Crippen LogP contribution in [0.4, 0.5) is 0 Å². The van der Waals surface area contributed by atoms with Crippen LogP contribution in [0.2, 0.25) is 0 Å². The average Bonchev–Trinajstić information content (AvgIpc) is 3.07. The summed E-state index contributed by atoms with van der Waals surface area (Å²) in [6.45, 7) is 1.94. The van der Waals surface area contributed by atoms with Crippen LogP contribution in [0.3, 0.4) is 0 Å². The standard InChI is InChI=1S/C16H18N4O5S2/c1-12-3-5-13(6-4-12)15-18-14(11-17)16(25-15)27(23,24)20-9-7-19(8-10-20)26(2,21)22/h3-6H,7-10H2,1-2H3. The molecular weight excluding hydrogens is 392 g/mol. The summed E-state index contributed by atoms with van der Waals surface area (Å²) in [6.07, 6.45) is 1.08. The normalized spacial score (nSPS) is 16.9. The Morgan fingerprint density at radius 3 is 2.11 bits per heavy atom. The molecule has 27 heavy (non-hydrogen) atoms. The fourth-order valence-corrected chi connectivity index (χ4v) is 4.96. The average molecular weight is 410 g/mol. The van der Waals surface area contributed by atoms with Gasteiger partial charge in [-0.25, -0.2) is 16.8 Å². The van der Waals surface area contributed by atoms with Gasteiger partial charge in [-0.05, 0) is 19.1 Å². The van der Waals surface area contributed by atoms with Crippen LogP contribution < -0.4 is 0 Å². The molecule has 0 unspecified atom stereocenters. The molecule has 1 aliphatic heterocycles. The molecule has 2 heterocycles. The molecule has 144 valence electrons. The van der Waals surface area contributed by atoms with Gasteiger partial charge in [-0.15, -0.1) is 0 Å². The maximum absolute atomic E-state index is 12.9. The monoisotopic (exact) mass is 410 g/mol. The van der Waals surface area contributed by atoms with E-state index in [9.17, 15) is 22.1 Å². The van der Waals surface area contributed by atoms with E-state index in [0.717, 1.165) is 16.1 Å². The Bertz CT molecular complexity index is 1090. The highest BCUT2D eigenvalue weighted by atomic mass is 32.2.